The lowest BCUT2D eigenvalue weighted by Gasteiger charge is -2.35. The number of likely N-dealkylation sites (N-methyl/N-ethyl adjacent to an activating group) is 1. The largest absolute Gasteiger partial charge is 0.329 e. The van der Waals surface area contributed by atoms with Crippen molar-refractivity contribution in [2.24, 2.45) is 0 Å². The van der Waals surface area contributed by atoms with E-state index in [1.165, 1.54) is 0 Å². The summed E-state index contributed by atoms with van der Waals surface area (Å²) in [6, 6.07) is 0. The highest BCUT2D eigenvalue weighted by Crippen LogP contribution is 2.09. The quantitative estimate of drug-likeness (QED) is 0.635. The van der Waals surface area contributed by atoms with Gasteiger partial charge in [0.05, 0.1) is 11.9 Å². The lowest BCUT2D eigenvalue weighted by atomic mass is 10.3. The van der Waals surface area contributed by atoms with E-state index in [0.717, 1.165) is 19.6 Å². The summed E-state index contributed by atoms with van der Waals surface area (Å²) in [5.41, 5.74) is 0. The third-order valence-corrected chi connectivity index (χ3v) is 2.51. The van der Waals surface area contributed by atoms with E-state index in [0.29, 0.717) is 6.54 Å². The fourth-order valence-corrected chi connectivity index (χ4v) is 1.64. The van der Waals surface area contributed by atoms with Crippen molar-refractivity contribution in [1.82, 2.24) is 9.80 Å². The van der Waals surface area contributed by atoms with Crippen LogP contribution in [0.2, 0.25) is 0 Å². The molecule has 0 aliphatic carbocycles. The second-order valence-corrected chi connectivity index (χ2v) is 3.84. The number of thiol groups is 1. The molecule has 1 aliphatic heterocycles. The first-order valence-electron chi connectivity index (χ1n) is 4.35. The highest BCUT2D eigenvalue weighted by molar-refractivity contribution is 7.80. The van der Waals surface area contributed by atoms with Gasteiger partial charge in [-0.15, -0.1) is 0 Å². The first kappa shape index (κ1) is 9.86. The van der Waals surface area contributed by atoms with Crippen molar-refractivity contribution in [3.8, 4) is 0 Å². The third-order valence-electron chi connectivity index (χ3n) is 2.23. The van der Waals surface area contributed by atoms with Crippen molar-refractivity contribution in [1.29, 1.82) is 0 Å². The maximum Gasteiger partial charge on any atom is 0.237 e. The normalized spacial score (nSPS) is 22.9. The van der Waals surface area contributed by atoms with Crippen molar-refractivity contribution in [2.45, 2.75) is 19.2 Å². The fourth-order valence-electron chi connectivity index (χ4n) is 1.40. The summed E-state index contributed by atoms with van der Waals surface area (Å²) in [7, 11) is 0. The van der Waals surface area contributed by atoms with Gasteiger partial charge < -0.3 is 4.90 Å². The number of amides is 1. The van der Waals surface area contributed by atoms with Crippen LogP contribution in [0.15, 0.2) is 0 Å². The van der Waals surface area contributed by atoms with Crippen LogP contribution in [0.3, 0.4) is 0 Å². The number of hydrogen-bond acceptors (Lipinski definition) is 3. The van der Waals surface area contributed by atoms with Gasteiger partial charge in [0.1, 0.15) is 0 Å². The van der Waals surface area contributed by atoms with E-state index in [1.807, 2.05) is 11.8 Å². The standard InChI is InChI=1S/C8H16N2OS/c1-3-9-4-5-10(7(2)12)8(11)6-9/h7,12H,3-6H2,1-2H3. The van der Waals surface area contributed by atoms with E-state index < -0.39 is 0 Å². The Balaban J connectivity index is 2.48. The summed E-state index contributed by atoms with van der Waals surface area (Å²) in [5.74, 6) is 0.200. The topological polar surface area (TPSA) is 23.6 Å². The molecule has 12 heavy (non-hydrogen) atoms. The zero-order valence-electron chi connectivity index (χ0n) is 7.66. The van der Waals surface area contributed by atoms with E-state index in [4.69, 9.17) is 0 Å². The number of piperazine rings is 1. The van der Waals surface area contributed by atoms with Gasteiger partial charge in [0.2, 0.25) is 5.91 Å². The average Bonchev–Trinajstić information content (AvgIpc) is 2.03. The minimum Gasteiger partial charge on any atom is -0.329 e. The summed E-state index contributed by atoms with van der Waals surface area (Å²) in [4.78, 5) is 15.4. The Hall–Kier alpha value is -0.220. The fraction of sp³-hybridized carbons (Fsp3) is 0.875. The monoisotopic (exact) mass is 188 g/mol. The number of carbonyl (C=O) groups is 1. The van der Waals surface area contributed by atoms with Crippen molar-refractivity contribution >= 4 is 18.5 Å². The molecule has 0 aromatic heterocycles. The molecule has 1 heterocycles. The molecule has 0 aromatic carbocycles. The van der Waals surface area contributed by atoms with Crippen molar-refractivity contribution in [2.75, 3.05) is 26.2 Å². The van der Waals surface area contributed by atoms with Crippen molar-refractivity contribution in [3.05, 3.63) is 0 Å². The van der Waals surface area contributed by atoms with Gasteiger partial charge in [0, 0.05) is 13.1 Å². The number of carbonyl (C=O) groups excluding carboxylic acids is 1. The molecule has 0 saturated carbocycles. The third kappa shape index (κ3) is 2.14. The van der Waals surface area contributed by atoms with Crippen LogP contribution in [0.25, 0.3) is 0 Å². The smallest absolute Gasteiger partial charge is 0.237 e. The predicted molar refractivity (Wildman–Crippen MR) is 52.3 cm³/mol. The number of rotatable bonds is 2. The molecule has 0 radical (unpaired) electrons. The SMILES string of the molecule is CCN1CCN(C(C)S)C(=O)C1. The average molecular weight is 188 g/mol. The molecule has 1 saturated heterocycles. The van der Waals surface area contributed by atoms with Crippen molar-refractivity contribution < 1.29 is 4.79 Å². The number of nitrogens with zero attached hydrogens (tertiary/aromatic N) is 2. The van der Waals surface area contributed by atoms with Gasteiger partial charge >= 0.3 is 0 Å². The van der Waals surface area contributed by atoms with Gasteiger partial charge in [0.25, 0.3) is 0 Å². The molecule has 0 bridgehead atoms. The molecule has 1 atom stereocenters. The maximum atomic E-state index is 11.4. The molecular formula is C8H16N2OS. The molecule has 1 unspecified atom stereocenters. The highest BCUT2D eigenvalue weighted by Gasteiger charge is 2.24. The molecule has 0 aromatic rings. The van der Waals surface area contributed by atoms with Crippen LogP contribution in [0.1, 0.15) is 13.8 Å². The minimum atomic E-state index is 0.0523. The predicted octanol–water partition coefficient (Wildman–Crippen LogP) is 0.426. The van der Waals surface area contributed by atoms with Gasteiger partial charge in [-0.25, -0.2) is 0 Å². The maximum absolute atomic E-state index is 11.4. The van der Waals surface area contributed by atoms with E-state index in [1.54, 1.807) is 0 Å². The summed E-state index contributed by atoms with van der Waals surface area (Å²) in [6.07, 6.45) is 0. The Labute approximate surface area is 79.1 Å². The molecule has 1 amide bonds. The first-order chi connectivity index (χ1) is 5.65. The number of hydrogen-bond donors (Lipinski definition) is 1. The minimum absolute atomic E-state index is 0.0523. The molecule has 70 valence electrons. The van der Waals surface area contributed by atoms with E-state index in [-0.39, 0.29) is 11.3 Å². The zero-order chi connectivity index (χ0) is 9.14. The van der Waals surface area contributed by atoms with Gasteiger partial charge in [-0.05, 0) is 13.5 Å². The summed E-state index contributed by atoms with van der Waals surface area (Å²) < 4.78 is 0. The van der Waals surface area contributed by atoms with E-state index in [2.05, 4.69) is 24.5 Å². The molecule has 1 aliphatic rings. The second kappa shape index (κ2) is 4.14. The zero-order valence-corrected chi connectivity index (χ0v) is 8.55. The van der Waals surface area contributed by atoms with Crippen molar-refractivity contribution in [3.63, 3.8) is 0 Å². The van der Waals surface area contributed by atoms with Crippen LogP contribution in [-0.4, -0.2) is 47.3 Å². The Morgan fingerprint density at radius 1 is 1.58 bits per heavy atom. The van der Waals surface area contributed by atoms with Crippen LogP contribution in [0, 0.1) is 0 Å². The van der Waals surface area contributed by atoms with E-state index >= 15 is 0 Å². The molecule has 3 nitrogen and oxygen atoms in total. The molecule has 4 heteroatoms. The molecule has 1 fully saturated rings. The lowest BCUT2D eigenvalue weighted by molar-refractivity contribution is -0.136. The Kier molecular flexibility index (Phi) is 3.40. The van der Waals surface area contributed by atoms with Gasteiger partial charge in [-0.2, -0.15) is 12.6 Å². The summed E-state index contributed by atoms with van der Waals surface area (Å²) in [6.45, 7) is 7.32. The molecule has 1 rings (SSSR count). The van der Waals surface area contributed by atoms with Crippen LogP contribution in [0.5, 0.6) is 0 Å². The summed E-state index contributed by atoms with van der Waals surface area (Å²) >= 11 is 4.25. The van der Waals surface area contributed by atoms with Gasteiger partial charge in [0.15, 0.2) is 0 Å². The Morgan fingerprint density at radius 3 is 2.67 bits per heavy atom. The Bertz CT molecular complexity index is 172. The van der Waals surface area contributed by atoms with Crippen LogP contribution in [-0.2, 0) is 4.79 Å². The van der Waals surface area contributed by atoms with Gasteiger partial charge in [-0.3, -0.25) is 9.69 Å². The molecule has 0 N–H and O–H groups in total. The highest BCUT2D eigenvalue weighted by atomic mass is 32.1. The first-order valence-corrected chi connectivity index (χ1v) is 4.86. The lowest BCUT2D eigenvalue weighted by Crippen LogP contribution is -2.51. The summed E-state index contributed by atoms with van der Waals surface area (Å²) in [5, 5.41) is 0.0523. The molecular weight excluding hydrogens is 172 g/mol. The molecule has 0 spiro atoms. The second-order valence-electron chi connectivity index (χ2n) is 3.09. The Morgan fingerprint density at radius 2 is 2.25 bits per heavy atom. The van der Waals surface area contributed by atoms with E-state index in [9.17, 15) is 4.79 Å². The van der Waals surface area contributed by atoms with Crippen LogP contribution in [0.4, 0.5) is 0 Å². The van der Waals surface area contributed by atoms with Crippen LogP contribution < -0.4 is 0 Å². The van der Waals surface area contributed by atoms with Crippen LogP contribution >= 0.6 is 12.6 Å². The van der Waals surface area contributed by atoms with Gasteiger partial charge in [-0.1, -0.05) is 6.92 Å².